The van der Waals surface area contributed by atoms with Gasteiger partial charge < -0.3 is 9.26 Å². The molecule has 1 aromatic carbocycles. The van der Waals surface area contributed by atoms with Crippen molar-refractivity contribution in [2.75, 3.05) is 7.11 Å². The zero-order valence-corrected chi connectivity index (χ0v) is 11.0. The third-order valence-electron chi connectivity index (χ3n) is 2.79. The summed E-state index contributed by atoms with van der Waals surface area (Å²) in [5, 5.41) is 3.88. The number of hydrogen-bond donors (Lipinski definition) is 0. The fourth-order valence-electron chi connectivity index (χ4n) is 1.75. The van der Waals surface area contributed by atoms with Crippen molar-refractivity contribution in [1.82, 2.24) is 10.1 Å². The van der Waals surface area contributed by atoms with Crippen molar-refractivity contribution in [2.45, 2.75) is 26.2 Å². The van der Waals surface area contributed by atoms with E-state index in [1.165, 1.54) is 0 Å². The molecule has 0 bridgehead atoms. The van der Waals surface area contributed by atoms with Crippen molar-refractivity contribution in [3.63, 3.8) is 0 Å². The van der Waals surface area contributed by atoms with Crippen LogP contribution in [-0.4, -0.2) is 23.0 Å². The van der Waals surface area contributed by atoms with Gasteiger partial charge in [-0.15, -0.1) is 0 Å². The molecule has 1 aromatic heterocycles. The van der Waals surface area contributed by atoms with E-state index in [0.29, 0.717) is 24.6 Å². The number of carbonyl (C=O) groups excluding carboxylic acids is 1. The van der Waals surface area contributed by atoms with Crippen LogP contribution in [0.5, 0.6) is 5.75 Å². The maximum Gasteiger partial charge on any atom is 0.234 e. The Hall–Kier alpha value is -2.17. The number of para-hydroxylation sites is 1. The lowest BCUT2D eigenvalue weighted by Crippen LogP contribution is -2.01. The van der Waals surface area contributed by atoms with Crippen LogP contribution in [0.25, 0.3) is 0 Å². The number of hydrogen-bond acceptors (Lipinski definition) is 5. The molecule has 0 saturated carbocycles. The molecule has 19 heavy (non-hydrogen) atoms. The van der Waals surface area contributed by atoms with Crippen LogP contribution in [0.2, 0.25) is 0 Å². The largest absolute Gasteiger partial charge is 0.496 e. The standard InChI is InChI=1S/C14H16N2O3/c1-3-11(17)9-14-15-13(16-19-14)8-10-6-4-5-7-12(10)18-2/h4-7H,3,8-9H2,1-2H3. The predicted molar refractivity (Wildman–Crippen MR) is 69.1 cm³/mol. The van der Waals surface area contributed by atoms with Crippen molar-refractivity contribution in [2.24, 2.45) is 0 Å². The molecule has 5 heteroatoms. The summed E-state index contributed by atoms with van der Waals surface area (Å²) in [5.74, 6) is 1.81. The number of benzene rings is 1. The van der Waals surface area contributed by atoms with Gasteiger partial charge in [0, 0.05) is 18.4 Å². The van der Waals surface area contributed by atoms with Gasteiger partial charge in [0.1, 0.15) is 11.5 Å². The highest BCUT2D eigenvalue weighted by atomic mass is 16.5. The van der Waals surface area contributed by atoms with Crippen LogP contribution in [-0.2, 0) is 17.6 Å². The average molecular weight is 260 g/mol. The molecule has 2 rings (SSSR count). The van der Waals surface area contributed by atoms with Crippen LogP contribution in [0.1, 0.15) is 30.6 Å². The highest BCUT2D eigenvalue weighted by Gasteiger charge is 2.12. The van der Waals surface area contributed by atoms with Crippen LogP contribution in [0.3, 0.4) is 0 Å². The lowest BCUT2D eigenvalue weighted by Gasteiger charge is -2.04. The Labute approximate surface area is 111 Å². The van der Waals surface area contributed by atoms with Gasteiger partial charge >= 0.3 is 0 Å². The summed E-state index contributed by atoms with van der Waals surface area (Å²) in [6.45, 7) is 1.81. The van der Waals surface area contributed by atoms with Crippen LogP contribution in [0, 0.1) is 0 Å². The first-order valence-corrected chi connectivity index (χ1v) is 6.18. The second kappa shape index (κ2) is 6.13. The maximum absolute atomic E-state index is 11.3. The average Bonchev–Trinajstić information content (AvgIpc) is 2.86. The Morgan fingerprint density at radius 2 is 2.16 bits per heavy atom. The zero-order chi connectivity index (χ0) is 13.7. The molecule has 0 aliphatic heterocycles. The molecule has 0 N–H and O–H groups in total. The van der Waals surface area contributed by atoms with E-state index in [9.17, 15) is 4.79 Å². The summed E-state index contributed by atoms with van der Waals surface area (Å²) in [6, 6.07) is 7.67. The van der Waals surface area contributed by atoms with E-state index in [0.717, 1.165) is 11.3 Å². The minimum absolute atomic E-state index is 0.0903. The van der Waals surface area contributed by atoms with E-state index in [4.69, 9.17) is 9.26 Å². The number of nitrogens with zero attached hydrogens (tertiary/aromatic N) is 2. The highest BCUT2D eigenvalue weighted by Crippen LogP contribution is 2.19. The Bertz CT molecular complexity index is 563. The van der Waals surface area contributed by atoms with Gasteiger partial charge in [0.25, 0.3) is 0 Å². The first-order chi connectivity index (χ1) is 9.22. The van der Waals surface area contributed by atoms with E-state index in [1.807, 2.05) is 31.2 Å². The third-order valence-corrected chi connectivity index (χ3v) is 2.79. The minimum Gasteiger partial charge on any atom is -0.496 e. The van der Waals surface area contributed by atoms with Gasteiger partial charge in [-0.3, -0.25) is 4.79 Å². The first-order valence-electron chi connectivity index (χ1n) is 6.18. The summed E-state index contributed by atoms with van der Waals surface area (Å²) in [4.78, 5) is 15.5. The van der Waals surface area contributed by atoms with Crippen LogP contribution < -0.4 is 4.74 Å². The summed E-state index contributed by atoms with van der Waals surface area (Å²) in [5.41, 5.74) is 0.985. The van der Waals surface area contributed by atoms with Crippen LogP contribution in [0.4, 0.5) is 0 Å². The number of rotatable bonds is 6. The summed E-state index contributed by atoms with van der Waals surface area (Å²) in [6.07, 6.45) is 1.20. The van der Waals surface area contributed by atoms with Crippen molar-refractivity contribution in [3.05, 3.63) is 41.5 Å². The Morgan fingerprint density at radius 3 is 2.89 bits per heavy atom. The monoisotopic (exact) mass is 260 g/mol. The molecule has 5 nitrogen and oxygen atoms in total. The smallest absolute Gasteiger partial charge is 0.234 e. The molecule has 2 aromatic rings. The van der Waals surface area contributed by atoms with E-state index >= 15 is 0 Å². The van der Waals surface area contributed by atoms with Gasteiger partial charge in [0.2, 0.25) is 5.89 Å². The van der Waals surface area contributed by atoms with Crippen LogP contribution >= 0.6 is 0 Å². The molecular formula is C14H16N2O3. The van der Waals surface area contributed by atoms with Gasteiger partial charge in [-0.25, -0.2) is 0 Å². The Kier molecular flexibility index (Phi) is 4.28. The highest BCUT2D eigenvalue weighted by molar-refractivity contribution is 5.79. The Morgan fingerprint density at radius 1 is 1.37 bits per heavy atom. The molecule has 0 radical (unpaired) electrons. The zero-order valence-electron chi connectivity index (χ0n) is 11.0. The van der Waals surface area contributed by atoms with Gasteiger partial charge in [-0.1, -0.05) is 30.3 Å². The van der Waals surface area contributed by atoms with E-state index in [1.54, 1.807) is 7.11 Å². The molecule has 0 aliphatic rings. The molecule has 100 valence electrons. The second-order valence-corrected chi connectivity index (χ2v) is 4.16. The lowest BCUT2D eigenvalue weighted by atomic mass is 10.1. The summed E-state index contributed by atoms with van der Waals surface area (Å²) < 4.78 is 10.3. The topological polar surface area (TPSA) is 65.2 Å². The maximum atomic E-state index is 11.3. The van der Waals surface area contributed by atoms with Gasteiger partial charge in [0.15, 0.2) is 5.82 Å². The quantitative estimate of drug-likeness (QED) is 0.796. The molecule has 0 fully saturated rings. The molecule has 0 saturated heterocycles. The molecule has 0 spiro atoms. The molecule has 0 atom stereocenters. The fraction of sp³-hybridized carbons (Fsp3) is 0.357. The summed E-state index contributed by atoms with van der Waals surface area (Å²) in [7, 11) is 1.63. The molecular weight excluding hydrogens is 244 g/mol. The number of ketones is 1. The van der Waals surface area contributed by atoms with E-state index in [2.05, 4.69) is 10.1 Å². The minimum atomic E-state index is 0.0903. The van der Waals surface area contributed by atoms with E-state index < -0.39 is 0 Å². The van der Waals surface area contributed by atoms with E-state index in [-0.39, 0.29) is 12.2 Å². The number of ether oxygens (including phenoxy) is 1. The third kappa shape index (κ3) is 3.40. The van der Waals surface area contributed by atoms with Crippen molar-refractivity contribution in [1.29, 1.82) is 0 Å². The molecule has 1 heterocycles. The molecule has 0 unspecified atom stereocenters. The fourth-order valence-corrected chi connectivity index (χ4v) is 1.75. The number of aromatic nitrogens is 2. The van der Waals surface area contributed by atoms with Crippen LogP contribution in [0.15, 0.2) is 28.8 Å². The molecule has 0 amide bonds. The lowest BCUT2D eigenvalue weighted by molar-refractivity contribution is -0.118. The molecule has 0 aliphatic carbocycles. The number of carbonyl (C=O) groups is 1. The summed E-state index contributed by atoms with van der Waals surface area (Å²) >= 11 is 0. The van der Waals surface area contributed by atoms with Gasteiger partial charge in [-0.05, 0) is 6.07 Å². The number of Topliss-reactive ketones (excluding diaryl/α,β-unsaturated/α-hetero) is 1. The second-order valence-electron chi connectivity index (χ2n) is 4.16. The predicted octanol–water partition coefficient (Wildman–Crippen LogP) is 2.19. The SMILES string of the molecule is CCC(=O)Cc1nc(Cc2ccccc2OC)no1. The van der Waals surface area contributed by atoms with Crippen molar-refractivity contribution < 1.29 is 14.1 Å². The van der Waals surface area contributed by atoms with Gasteiger partial charge in [0.05, 0.1) is 13.5 Å². The van der Waals surface area contributed by atoms with Crippen molar-refractivity contribution >= 4 is 5.78 Å². The van der Waals surface area contributed by atoms with Gasteiger partial charge in [-0.2, -0.15) is 4.98 Å². The Balaban J connectivity index is 2.09. The normalized spacial score (nSPS) is 10.4. The first kappa shape index (κ1) is 13.3. The number of methoxy groups -OCH3 is 1. The van der Waals surface area contributed by atoms with Crippen molar-refractivity contribution in [3.8, 4) is 5.75 Å².